The summed E-state index contributed by atoms with van der Waals surface area (Å²) in [6.45, 7) is 2.19. The van der Waals surface area contributed by atoms with E-state index in [-0.39, 0.29) is 17.8 Å². The Bertz CT molecular complexity index is 582. The average molecular weight is 343 g/mol. The van der Waals surface area contributed by atoms with Crippen LogP contribution in [0.2, 0.25) is 0 Å². The monoisotopic (exact) mass is 343 g/mol. The van der Waals surface area contributed by atoms with Crippen molar-refractivity contribution in [2.45, 2.75) is 69.8 Å². The highest BCUT2D eigenvalue weighted by Crippen LogP contribution is 2.40. The summed E-state index contributed by atoms with van der Waals surface area (Å²) in [6, 6.07) is 10.3. The molecule has 1 aromatic carbocycles. The number of benzene rings is 1. The van der Waals surface area contributed by atoms with Crippen LogP contribution in [0.3, 0.4) is 0 Å². The molecule has 25 heavy (non-hydrogen) atoms. The van der Waals surface area contributed by atoms with E-state index in [1.54, 1.807) is 0 Å². The molecule has 0 bridgehead atoms. The van der Waals surface area contributed by atoms with Crippen LogP contribution in [-0.4, -0.2) is 35.8 Å². The Morgan fingerprint density at radius 1 is 1.08 bits per heavy atom. The van der Waals surface area contributed by atoms with Crippen molar-refractivity contribution in [3.8, 4) is 0 Å². The molecular formula is C21H29NO3. The van der Waals surface area contributed by atoms with Crippen molar-refractivity contribution in [1.29, 1.82) is 0 Å². The molecule has 4 nitrogen and oxygen atoms in total. The van der Waals surface area contributed by atoms with E-state index in [0.29, 0.717) is 25.5 Å². The van der Waals surface area contributed by atoms with E-state index in [0.717, 1.165) is 32.2 Å². The maximum absolute atomic E-state index is 12.5. The zero-order valence-electron chi connectivity index (χ0n) is 15.0. The third kappa shape index (κ3) is 3.90. The van der Waals surface area contributed by atoms with E-state index < -0.39 is 0 Å². The van der Waals surface area contributed by atoms with Gasteiger partial charge in [-0.15, -0.1) is 0 Å². The molecule has 0 unspecified atom stereocenters. The highest BCUT2D eigenvalue weighted by atomic mass is 16.7. The van der Waals surface area contributed by atoms with Gasteiger partial charge in [-0.25, -0.2) is 0 Å². The first-order chi connectivity index (χ1) is 12.2. The standard InChI is InChI=1S/C21H29NO3/c23-20-11-7-10-18(15-22(20)14-17-8-3-1-4-9-17)19-16-24-21(25-19)12-5-2-6-13-21/h1,3-4,8-9,18-19H,2,5-7,10-16H2/t18-,19+/m0/s1. The number of nitrogens with zero attached hydrogens (tertiary/aromatic N) is 1. The molecule has 2 aliphatic heterocycles. The molecule has 136 valence electrons. The van der Waals surface area contributed by atoms with Crippen molar-refractivity contribution >= 4 is 5.91 Å². The van der Waals surface area contributed by atoms with E-state index in [4.69, 9.17) is 9.47 Å². The minimum atomic E-state index is -0.316. The molecule has 1 saturated carbocycles. The highest BCUT2D eigenvalue weighted by molar-refractivity contribution is 5.76. The number of amides is 1. The minimum absolute atomic E-state index is 0.141. The second-order valence-electron chi connectivity index (χ2n) is 7.85. The number of carbonyl (C=O) groups is 1. The third-order valence-corrected chi connectivity index (χ3v) is 6.01. The zero-order chi connectivity index (χ0) is 17.1. The lowest BCUT2D eigenvalue weighted by Gasteiger charge is -2.33. The van der Waals surface area contributed by atoms with Crippen LogP contribution in [0.1, 0.15) is 56.9 Å². The van der Waals surface area contributed by atoms with Gasteiger partial charge < -0.3 is 14.4 Å². The highest BCUT2D eigenvalue weighted by Gasteiger charge is 2.45. The quantitative estimate of drug-likeness (QED) is 0.836. The number of rotatable bonds is 3. The molecule has 1 aromatic rings. The lowest BCUT2D eigenvalue weighted by atomic mass is 9.94. The van der Waals surface area contributed by atoms with Gasteiger partial charge in [0.2, 0.25) is 5.91 Å². The smallest absolute Gasteiger partial charge is 0.222 e. The van der Waals surface area contributed by atoms with E-state index in [1.165, 1.54) is 24.8 Å². The van der Waals surface area contributed by atoms with Crippen LogP contribution >= 0.6 is 0 Å². The molecule has 3 fully saturated rings. The molecular weight excluding hydrogens is 314 g/mol. The Morgan fingerprint density at radius 2 is 1.88 bits per heavy atom. The third-order valence-electron chi connectivity index (χ3n) is 6.01. The Kier molecular flexibility index (Phi) is 5.09. The lowest BCUT2D eigenvalue weighted by molar-refractivity contribution is -0.192. The molecule has 4 rings (SSSR count). The molecule has 2 atom stereocenters. The van der Waals surface area contributed by atoms with Gasteiger partial charge in [-0.05, 0) is 31.2 Å². The van der Waals surface area contributed by atoms with Gasteiger partial charge in [-0.1, -0.05) is 36.8 Å². The van der Waals surface area contributed by atoms with Gasteiger partial charge in [0.15, 0.2) is 5.79 Å². The Morgan fingerprint density at radius 3 is 2.68 bits per heavy atom. The SMILES string of the molecule is O=C1CCC[C@H]([C@H]2COC3(CCCCC3)O2)CN1Cc1ccccc1. The fourth-order valence-electron chi connectivity index (χ4n) is 4.57. The first-order valence-electron chi connectivity index (χ1n) is 9.88. The van der Waals surface area contributed by atoms with E-state index in [9.17, 15) is 4.79 Å². The van der Waals surface area contributed by atoms with Crippen molar-refractivity contribution in [3.05, 3.63) is 35.9 Å². The summed E-state index contributed by atoms with van der Waals surface area (Å²) < 4.78 is 12.6. The number of hydrogen-bond donors (Lipinski definition) is 0. The van der Waals surface area contributed by atoms with Crippen LogP contribution in [0, 0.1) is 5.92 Å². The van der Waals surface area contributed by atoms with Gasteiger partial charge >= 0.3 is 0 Å². The van der Waals surface area contributed by atoms with Crippen molar-refractivity contribution in [3.63, 3.8) is 0 Å². The lowest BCUT2D eigenvalue weighted by Crippen LogP contribution is -2.39. The van der Waals surface area contributed by atoms with Crippen LogP contribution in [0.4, 0.5) is 0 Å². The molecule has 1 aliphatic carbocycles. The van der Waals surface area contributed by atoms with E-state index in [1.807, 2.05) is 23.1 Å². The Hall–Kier alpha value is -1.39. The summed E-state index contributed by atoms with van der Waals surface area (Å²) in [4.78, 5) is 14.6. The largest absolute Gasteiger partial charge is 0.347 e. The van der Waals surface area contributed by atoms with Gasteiger partial charge in [-0.2, -0.15) is 0 Å². The maximum atomic E-state index is 12.5. The summed E-state index contributed by atoms with van der Waals surface area (Å²) in [7, 11) is 0. The molecule has 2 saturated heterocycles. The van der Waals surface area contributed by atoms with Gasteiger partial charge in [0.25, 0.3) is 0 Å². The van der Waals surface area contributed by atoms with Gasteiger partial charge in [-0.3, -0.25) is 4.79 Å². The van der Waals surface area contributed by atoms with Crippen molar-refractivity contribution < 1.29 is 14.3 Å². The van der Waals surface area contributed by atoms with Crippen LogP contribution in [0.25, 0.3) is 0 Å². The number of likely N-dealkylation sites (tertiary alicyclic amines) is 1. The van der Waals surface area contributed by atoms with Crippen LogP contribution in [-0.2, 0) is 20.8 Å². The van der Waals surface area contributed by atoms with Crippen molar-refractivity contribution in [2.24, 2.45) is 5.92 Å². The first kappa shape index (κ1) is 17.0. The number of ether oxygens (including phenoxy) is 2. The van der Waals surface area contributed by atoms with Crippen LogP contribution < -0.4 is 0 Å². The summed E-state index contributed by atoms with van der Waals surface area (Å²) in [5.41, 5.74) is 1.20. The van der Waals surface area contributed by atoms with Crippen LogP contribution in [0.5, 0.6) is 0 Å². The molecule has 3 aliphatic rings. The molecule has 0 radical (unpaired) electrons. The van der Waals surface area contributed by atoms with Gasteiger partial charge in [0.1, 0.15) is 0 Å². The first-order valence-corrected chi connectivity index (χ1v) is 9.88. The number of carbonyl (C=O) groups excluding carboxylic acids is 1. The van der Waals surface area contributed by atoms with E-state index >= 15 is 0 Å². The fraction of sp³-hybridized carbons (Fsp3) is 0.667. The predicted octanol–water partition coefficient (Wildman–Crippen LogP) is 3.89. The predicted molar refractivity (Wildman–Crippen MR) is 95.8 cm³/mol. The molecule has 0 aromatic heterocycles. The topological polar surface area (TPSA) is 38.8 Å². The summed E-state index contributed by atoms with van der Waals surface area (Å²) in [6.07, 6.45) is 8.58. The van der Waals surface area contributed by atoms with E-state index in [2.05, 4.69) is 12.1 Å². The van der Waals surface area contributed by atoms with Gasteiger partial charge in [0, 0.05) is 38.3 Å². The molecule has 4 heteroatoms. The Labute approximate surface area is 150 Å². The molecule has 0 N–H and O–H groups in total. The minimum Gasteiger partial charge on any atom is -0.347 e. The second-order valence-corrected chi connectivity index (χ2v) is 7.85. The van der Waals surface area contributed by atoms with Crippen LogP contribution in [0.15, 0.2) is 30.3 Å². The maximum Gasteiger partial charge on any atom is 0.222 e. The summed E-state index contributed by atoms with van der Waals surface area (Å²) in [5.74, 6) is 0.345. The molecule has 2 heterocycles. The van der Waals surface area contributed by atoms with Crippen molar-refractivity contribution in [1.82, 2.24) is 4.90 Å². The average Bonchev–Trinajstić information content (AvgIpc) is 2.95. The zero-order valence-corrected chi connectivity index (χ0v) is 15.0. The van der Waals surface area contributed by atoms with Crippen molar-refractivity contribution in [2.75, 3.05) is 13.2 Å². The summed E-state index contributed by atoms with van der Waals surface area (Å²) in [5, 5.41) is 0. The number of hydrogen-bond acceptors (Lipinski definition) is 3. The second kappa shape index (κ2) is 7.46. The van der Waals surface area contributed by atoms with Gasteiger partial charge in [0.05, 0.1) is 12.7 Å². The fourth-order valence-corrected chi connectivity index (χ4v) is 4.57. The normalized spacial score (nSPS) is 29.8. The molecule has 1 amide bonds. The Balaban J connectivity index is 1.42. The molecule has 1 spiro atoms. The summed E-state index contributed by atoms with van der Waals surface area (Å²) >= 11 is 0.